The van der Waals surface area contributed by atoms with E-state index in [2.05, 4.69) is 20.8 Å². The van der Waals surface area contributed by atoms with Crippen molar-refractivity contribution in [3.63, 3.8) is 0 Å². The first-order chi connectivity index (χ1) is 7.45. The second-order valence-corrected chi connectivity index (χ2v) is 5.70. The third-order valence-corrected chi connectivity index (χ3v) is 4.10. The molecule has 1 N–H and O–H groups in total. The minimum Gasteiger partial charge on any atom is -0.631 e. The monoisotopic (exact) mass is 227 g/mol. The molecule has 2 fully saturated rings. The van der Waals surface area contributed by atoms with E-state index in [4.69, 9.17) is 4.74 Å². The lowest BCUT2D eigenvalue weighted by Gasteiger charge is -2.46. The molecule has 1 unspecified atom stereocenters. The number of hydrogen-bond donors (Lipinski definition) is 1. The van der Waals surface area contributed by atoms with E-state index in [-0.39, 0.29) is 23.5 Å². The Morgan fingerprint density at radius 2 is 2.19 bits per heavy atom. The molecule has 1 aliphatic heterocycles. The van der Waals surface area contributed by atoms with E-state index in [0.717, 1.165) is 19.3 Å². The molecule has 0 amide bonds. The molecule has 0 aromatic carbocycles. The molecular weight excluding hydrogens is 206 g/mol. The second-order valence-electron chi connectivity index (χ2n) is 5.70. The molecule has 4 nitrogen and oxygen atoms in total. The van der Waals surface area contributed by atoms with Gasteiger partial charge in [0.05, 0.1) is 5.92 Å². The van der Waals surface area contributed by atoms with Gasteiger partial charge in [-0.2, -0.15) is 0 Å². The quantitative estimate of drug-likeness (QED) is 0.530. The van der Waals surface area contributed by atoms with Crippen molar-refractivity contribution >= 4 is 5.97 Å². The van der Waals surface area contributed by atoms with Crippen LogP contribution in [0.1, 0.15) is 40.0 Å². The van der Waals surface area contributed by atoms with E-state index >= 15 is 0 Å². The van der Waals surface area contributed by atoms with Crippen LogP contribution in [0.3, 0.4) is 0 Å². The Kier molecular flexibility index (Phi) is 2.97. The number of hydrogen-bond acceptors (Lipinski definition) is 3. The van der Waals surface area contributed by atoms with E-state index in [1.807, 2.05) is 0 Å². The lowest BCUT2D eigenvalue weighted by atomic mass is 9.71. The minimum absolute atomic E-state index is 0.0164. The molecule has 0 aromatic heterocycles. The summed E-state index contributed by atoms with van der Waals surface area (Å²) >= 11 is 0. The Morgan fingerprint density at radius 1 is 1.50 bits per heavy atom. The van der Waals surface area contributed by atoms with Crippen molar-refractivity contribution in [2.75, 3.05) is 6.54 Å². The Bertz CT molecular complexity index is 292. The second kappa shape index (κ2) is 4.00. The highest BCUT2D eigenvalue weighted by atomic mass is 16.7. The number of rotatable bonds is 1. The molecule has 4 heteroatoms. The molecule has 16 heavy (non-hydrogen) atoms. The van der Waals surface area contributed by atoms with Gasteiger partial charge in [0.1, 0.15) is 0 Å². The highest BCUT2D eigenvalue weighted by Crippen LogP contribution is 2.41. The molecule has 1 saturated heterocycles. The van der Waals surface area contributed by atoms with Gasteiger partial charge in [-0.05, 0) is 24.7 Å². The van der Waals surface area contributed by atoms with Crippen molar-refractivity contribution in [2.45, 2.75) is 45.8 Å². The van der Waals surface area contributed by atoms with Crippen LogP contribution in [0.5, 0.6) is 0 Å². The van der Waals surface area contributed by atoms with Gasteiger partial charge in [0.25, 0.3) is 0 Å². The fourth-order valence-electron chi connectivity index (χ4n) is 3.35. The molecule has 92 valence electrons. The van der Waals surface area contributed by atoms with Crippen molar-refractivity contribution in [3.8, 4) is 0 Å². The molecule has 1 aliphatic carbocycles. The predicted octanol–water partition coefficient (Wildman–Crippen LogP) is 0.714. The minimum atomic E-state index is -0.775. The largest absolute Gasteiger partial charge is 0.631 e. The molecule has 2 rings (SSSR count). The molecule has 1 spiro atoms. The molecule has 0 bridgehead atoms. The first kappa shape index (κ1) is 11.9. The Morgan fingerprint density at radius 3 is 2.69 bits per heavy atom. The number of ether oxygens (including phenoxy) is 1. The summed E-state index contributed by atoms with van der Waals surface area (Å²) in [6.07, 6.45) is 2.85. The van der Waals surface area contributed by atoms with Crippen molar-refractivity contribution in [3.05, 3.63) is 5.21 Å². The Labute approximate surface area is 96.5 Å². The summed E-state index contributed by atoms with van der Waals surface area (Å²) in [7, 11) is 0. The summed E-state index contributed by atoms with van der Waals surface area (Å²) < 4.78 is 5.46. The topological polar surface area (TPSA) is 53.8 Å². The molecule has 1 saturated carbocycles. The van der Waals surface area contributed by atoms with Gasteiger partial charge in [0, 0.05) is 6.42 Å². The van der Waals surface area contributed by atoms with Crippen LogP contribution in [-0.2, 0) is 9.53 Å². The fourth-order valence-corrected chi connectivity index (χ4v) is 3.35. The van der Waals surface area contributed by atoms with E-state index in [1.165, 1.54) is 0 Å². The maximum absolute atomic E-state index is 12.1. The highest BCUT2D eigenvalue weighted by molar-refractivity contribution is 5.72. The number of carbonyl (C=O) groups excluding carboxylic acids is 1. The van der Waals surface area contributed by atoms with Crippen molar-refractivity contribution in [2.24, 2.45) is 17.8 Å². The molecule has 0 radical (unpaired) electrons. The zero-order valence-electron chi connectivity index (χ0n) is 10.3. The number of esters is 1. The van der Waals surface area contributed by atoms with Crippen LogP contribution < -0.4 is 5.06 Å². The third-order valence-electron chi connectivity index (χ3n) is 4.10. The van der Waals surface area contributed by atoms with Gasteiger partial charge < -0.3 is 15.0 Å². The predicted molar refractivity (Wildman–Crippen MR) is 59.4 cm³/mol. The number of hydroxylamine groups is 2. The van der Waals surface area contributed by atoms with Crippen LogP contribution >= 0.6 is 0 Å². The first-order valence-corrected chi connectivity index (χ1v) is 6.21. The van der Waals surface area contributed by atoms with Gasteiger partial charge >= 0.3 is 5.97 Å². The third kappa shape index (κ3) is 1.74. The Balaban J connectivity index is 2.28. The van der Waals surface area contributed by atoms with Gasteiger partial charge in [-0.25, -0.2) is 4.79 Å². The maximum Gasteiger partial charge on any atom is 0.366 e. The number of carbonyl (C=O) groups is 1. The van der Waals surface area contributed by atoms with E-state index < -0.39 is 5.72 Å². The van der Waals surface area contributed by atoms with Gasteiger partial charge in [-0.3, -0.25) is 0 Å². The van der Waals surface area contributed by atoms with Gasteiger partial charge in [-0.15, -0.1) is 0 Å². The van der Waals surface area contributed by atoms with Crippen LogP contribution in [0.25, 0.3) is 0 Å². The maximum atomic E-state index is 12.1. The lowest BCUT2D eigenvalue weighted by Crippen LogP contribution is -3.15. The summed E-state index contributed by atoms with van der Waals surface area (Å²) in [6, 6.07) is 0. The zero-order valence-corrected chi connectivity index (χ0v) is 10.3. The summed E-state index contributed by atoms with van der Waals surface area (Å²) in [5.41, 5.74) is -0.775. The van der Waals surface area contributed by atoms with Gasteiger partial charge in [-0.1, -0.05) is 20.8 Å². The molecule has 1 heterocycles. The van der Waals surface area contributed by atoms with Crippen molar-refractivity contribution in [1.29, 1.82) is 0 Å². The van der Waals surface area contributed by atoms with E-state index in [1.54, 1.807) is 0 Å². The standard InChI is InChI=1S/C12H21NO3/c1-8(2)10-5-4-9(3)6-12(10)13(15)7-11(14)16-12/h8-10,13H,4-7H2,1-3H3/t9-,10+,12-/m1/s1. The fraction of sp³-hybridized carbons (Fsp3) is 0.917. The summed E-state index contributed by atoms with van der Waals surface area (Å²) in [4.78, 5) is 11.4. The van der Waals surface area contributed by atoms with E-state index in [9.17, 15) is 10.0 Å². The summed E-state index contributed by atoms with van der Waals surface area (Å²) in [5.74, 6) is 0.750. The smallest absolute Gasteiger partial charge is 0.366 e. The highest BCUT2D eigenvalue weighted by Gasteiger charge is 2.56. The van der Waals surface area contributed by atoms with Gasteiger partial charge in [0.15, 0.2) is 6.54 Å². The Hall–Kier alpha value is -0.610. The van der Waals surface area contributed by atoms with E-state index in [0.29, 0.717) is 11.8 Å². The average molecular weight is 227 g/mol. The van der Waals surface area contributed by atoms with Crippen LogP contribution in [0.4, 0.5) is 0 Å². The first-order valence-electron chi connectivity index (χ1n) is 6.21. The van der Waals surface area contributed by atoms with Crippen LogP contribution in [0.15, 0.2) is 0 Å². The van der Waals surface area contributed by atoms with Crippen LogP contribution in [0, 0.1) is 23.0 Å². The summed E-state index contributed by atoms with van der Waals surface area (Å²) in [5, 5.41) is 12.1. The normalized spacial score (nSPS) is 44.1. The van der Waals surface area contributed by atoms with Crippen molar-refractivity contribution < 1.29 is 14.6 Å². The zero-order chi connectivity index (χ0) is 11.9. The SMILES string of the molecule is CC(C)[C@@H]1CC[C@@H](C)C[C@@]12OC(=O)C[NH+]2[O-]. The average Bonchev–Trinajstić information content (AvgIpc) is 2.41. The molecular formula is C12H21NO3. The molecule has 2 aliphatic rings. The molecule has 0 aromatic rings. The van der Waals surface area contributed by atoms with Crippen molar-refractivity contribution in [1.82, 2.24) is 0 Å². The number of quaternary nitrogens is 1. The van der Waals surface area contributed by atoms with Gasteiger partial charge in [0.2, 0.25) is 5.72 Å². The summed E-state index contributed by atoms with van der Waals surface area (Å²) in [6.45, 7) is 6.34. The van der Waals surface area contributed by atoms with Crippen LogP contribution in [0.2, 0.25) is 0 Å². The lowest BCUT2D eigenvalue weighted by molar-refractivity contribution is -0.916. The molecule has 4 atom stereocenters. The van der Waals surface area contributed by atoms with Crippen LogP contribution in [-0.4, -0.2) is 18.2 Å². The number of nitrogens with one attached hydrogen (secondary N) is 1.